The van der Waals surface area contributed by atoms with Crippen molar-refractivity contribution in [3.63, 3.8) is 0 Å². The molecular weight excluding hydrogens is 258 g/mol. The molecule has 1 atom stereocenters. The normalized spacial score (nSPS) is 13.4. The van der Waals surface area contributed by atoms with Crippen LogP contribution in [-0.2, 0) is 10.1 Å². The topological polar surface area (TPSA) is 56.3 Å². The Bertz CT molecular complexity index is 460. The van der Waals surface area contributed by atoms with E-state index in [1.54, 1.807) is 17.8 Å². The van der Waals surface area contributed by atoms with Crippen LogP contribution in [0.3, 0.4) is 0 Å². The van der Waals surface area contributed by atoms with Gasteiger partial charge in [-0.2, -0.15) is 8.42 Å². The standard InChI is InChI=1S/C11H17NO3S2/c1-4-6-9(2)16-11-8-5-7-10(12-11)15-17(3,13)14/h5,7-9H,4,6H2,1-3H3. The van der Waals surface area contributed by atoms with Gasteiger partial charge in [0.2, 0.25) is 5.88 Å². The lowest BCUT2D eigenvalue weighted by Gasteiger charge is -2.09. The zero-order valence-corrected chi connectivity index (χ0v) is 11.8. The van der Waals surface area contributed by atoms with Crippen LogP contribution in [0.4, 0.5) is 0 Å². The highest BCUT2D eigenvalue weighted by molar-refractivity contribution is 7.99. The SMILES string of the molecule is CCCC(C)Sc1cccc(OS(C)(=O)=O)n1. The summed E-state index contributed by atoms with van der Waals surface area (Å²) in [4.78, 5) is 4.14. The van der Waals surface area contributed by atoms with E-state index in [0.717, 1.165) is 24.1 Å². The van der Waals surface area contributed by atoms with Crippen LogP contribution in [0.5, 0.6) is 5.88 Å². The van der Waals surface area contributed by atoms with E-state index in [-0.39, 0.29) is 5.88 Å². The van der Waals surface area contributed by atoms with E-state index >= 15 is 0 Å². The van der Waals surface area contributed by atoms with E-state index in [0.29, 0.717) is 5.25 Å². The Hall–Kier alpha value is -0.750. The molecule has 0 aliphatic carbocycles. The molecule has 0 fully saturated rings. The van der Waals surface area contributed by atoms with E-state index in [4.69, 9.17) is 4.18 Å². The molecule has 1 unspecified atom stereocenters. The molecule has 6 heteroatoms. The first kappa shape index (κ1) is 14.3. The van der Waals surface area contributed by atoms with Crippen molar-refractivity contribution >= 4 is 21.9 Å². The first-order valence-corrected chi connectivity index (χ1v) is 8.13. The van der Waals surface area contributed by atoms with Crippen molar-refractivity contribution in [2.75, 3.05) is 6.26 Å². The Labute approximate surface area is 107 Å². The fraction of sp³-hybridized carbons (Fsp3) is 0.545. The van der Waals surface area contributed by atoms with Crippen LogP contribution >= 0.6 is 11.8 Å². The van der Waals surface area contributed by atoms with Gasteiger partial charge in [-0.25, -0.2) is 4.98 Å². The largest absolute Gasteiger partial charge is 0.362 e. The highest BCUT2D eigenvalue weighted by Crippen LogP contribution is 2.25. The average molecular weight is 275 g/mol. The molecule has 0 aromatic carbocycles. The maximum atomic E-state index is 11.0. The van der Waals surface area contributed by atoms with Crippen LogP contribution in [0.1, 0.15) is 26.7 Å². The summed E-state index contributed by atoms with van der Waals surface area (Å²) in [7, 11) is -3.50. The molecule has 0 N–H and O–H groups in total. The summed E-state index contributed by atoms with van der Waals surface area (Å²) in [5.74, 6) is 0.126. The van der Waals surface area contributed by atoms with Gasteiger partial charge in [-0.1, -0.05) is 26.3 Å². The minimum absolute atomic E-state index is 0.126. The van der Waals surface area contributed by atoms with Crippen molar-refractivity contribution in [3.8, 4) is 5.88 Å². The average Bonchev–Trinajstić information content (AvgIpc) is 2.15. The molecule has 96 valence electrons. The third kappa shape index (κ3) is 5.93. The van der Waals surface area contributed by atoms with Crippen molar-refractivity contribution in [1.82, 2.24) is 4.98 Å². The molecule has 0 aliphatic heterocycles. The molecular formula is C11H17NO3S2. The maximum absolute atomic E-state index is 11.0. The minimum Gasteiger partial charge on any atom is -0.362 e. The zero-order chi connectivity index (χ0) is 12.9. The van der Waals surface area contributed by atoms with Crippen molar-refractivity contribution in [2.24, 2.45) is 0 Å². The third-order valence-corrected chi connectivity index (χ3v) is 3.53. The molecule has 1 heterocycles. The van der Waals surface area contributed by atoms with Gasteiger partial charge in [-0.05, 0) is 12.5 Å². The summed E-state index contributed by atoms with van der Waals surface area (Å²) >= 11 is 1.62. The Kier molecular flexibility index (Phi) is 5.27. The lowest BCUT2D eigenvalue weighted by atomic mass is 10.3. The number of rotatable bonds is 6. The van der Waals surface area contributed by atoms with Crippen LogP contribution in [0.2, 0.25) is 0 Å². The van der Waals surface area contributed by atoms with E-state index in [9.17, 15) is 8.42 Å². The predicted molar refractivity (Wildman–Crippen MR) is 69.9 cm³/mol. The first-order valence-electron chi connectivity index (χ1n) is 5.44. The number of pyridine rings is 1. The van der Waals surface area contributed by atoms with Crippen molar-refractivity contribution in [1.29, 1.82) is 0 Å². The Morgan fingerprint density at radius 1 is 1.47 bits per heavy atom. The van der Waals surface area contributed by atoms with Gasteiger partial charge in [-0.15, -0.1) is 11.8 Å². The predicted octanol–water partition coefficient (Wildman–Crippen LogP) is 2.70. The van der Waals surface area contributed by atoms with Crippen LogP contribution in [-0.4, -0.2) is 24.9 Å². The molecule has 4 nitrogen and oxygen atoms in total. The fourth-order valence-electron chi connectivity index (χ4n) is 1.33. The van der Waals surface area contributed by atoms with Gasteiger partial charge >= 0.3 is 10.1 Å². The number of nitrogens with zero attached hydrogens (tertiary/aromatic N) is 1. The van der Waals surface area contributed by atoms with Gasteiger partial charge < -0.3 is 4.18 Å². The van der Waals surface area contributed by atoms with E-state index in [2.05, 4.69) is 18.8 Å². The van der Waals surface area contributed by atoms with E-state index in [1.807, 2.05) is 6.07 Å². The Balaban J connectivity index is 2.72. The third-order valence-electron chi connectivity index (χ3n) is 1.95. The lowest BCUT2D eigenvalue weighted by molar-refractivity contribution is 0.480. The van der Waals surface area contributed by atoms with Gasteiger partial charge in [-0.3, -0.25) is 0 Å². The fourth-order valence-corrected chi connectivity index (χ4v) is 2.80. The lowest BCUT2D eigenvalue weighted by Crippen LogP contribution is -2.07. The van der Waals surface area contributed by atoms with Crippen LogP contribution in [0.25, 0.3) is 0 Å². The van der Waals surface area contributed by atoms with Crippen LogP contribution in [0, 0.1) is 0 Å². The molecule has 0 bridgehead atoms. The molecule has 1 rings (SSSR count). The molecule has 0 radical (unpaired) electrons. The quantitative estimate of drug-likeness (QED) is 0.590. The highest BCUT2D eigenvalue weighted by Gasteiger charge is 2.08. The molecule has 0 saturated carbocycles. The number of hydrogen-bond acceptors (Lipinski definition) is 5. The minimum atomic E-state index is -3.50. The number of hydrogen-bond donors (Lipinski definition) is 0. The van der Waals surface area contributed by atoms with Crippen molar-refractivity contribution in [2.45, 2.75) is 37.0 Å². The molecule has 1 aromatic rings. The summed E-state index contributed by atoms with van der Waals surface area (Å²) < 4.78 is 26.7. The van der Waals surface area contributed by atoms with Crippen LogP contribution < -0.4 is 4.18 Å². The summed E-state index contributed by atoms with van der Waals surface area (Å²) in [6.45, 7) is 4.26. The summed E-state index contributed by atoms with van der Waals surface area (Å²) in [6.07, 6.45) is 3.23. The molecule has 0 saturated heterocycles. The maximum Gasteiger partial charge on any atom is 0.307 e. The second-order valence-corrected chi connectivity index (χ2v) is 6.85. The summed E-state index contributed by atoms with van der Waals surface area (Å²) in [6, 6.07) is 5.13. The zero-order valence-electron chi connectivity index (χ0n) is 10.2. The second kappa shape index (κ2) is 6.26. The molecule has 1 aromatic heterocycles. The number of thioether (sulfide) groups is 1. The Morgan fingerprint density at radius 3 is 2.76 bits per heavy atom. The smallest absolute Gasteiger partial charge is 0.307 e. The van der Waals surface area contributed by atoms with Gasteiger partial charge in [0, 0.05) is 11.3 Å². The highest BCUT2D eigenvalue weighted by atomic mass is 32.2. The summed E-state index contributed by atoms with van der Waals surface area (Å²) in [5.41, 5.74) is 0. The van der Waals surface area contributed by atoms with E-state index in [1.165, 1.54) is 6.07 Å². The molecule has 0 spiro atoms. The second-order valence-electron chi connectivity index (χ2n) is 3.82. The molecule has 0 aliphatic rings. The van der Waals surface area contributed by atoms with Gasteiger partial charge in [0.25, 0.3) is 0 Å². The first-order chi connectivity index (χ1) is 7.90. The number of aromatic nitrogens is 1. The van der Waals surface area contributed by atoms with Crippen LogP contribution in [0.15, 0.2) is 23.2 Å². The van der Waals surface area contributed by atoms with Gasteiger partial charge in [0.1, 0.15) is 5.03 Å². The molecule has 0 amide bonds. The monoisotopic (exact) mass is 275 g/mol. The Morgan fingerprint density at radius 2 is 2.18 bits per heavy atom. The summed E-state index contributed by atoms with van der Waals surface area (Å²) in [5, 5.41) is 1.24. The molecule has 17 heavy (non-hydrogen) atoms. The van der Waals surface area contributed by atoms with Gasteiger partial charge in [0.15, 0.2) is 0 Å². The van der Waals surface area contributed by atoms with Crippen molar-refractivity contribution in [3.05, 3.63) is 18.2 Å². The van der Waals surface area contributed by atoms with E-state index < -0.39 is 10.1 Å². The van der Waals surface area contributed by atoms with Crippen molar-refractivity contribution < 1.29 is 12.6 Å². The van der Waals surface area contributed by atoms with Gasteiger partial charge in [0.05, 0.1) is 6.26 Å².